The molecule has 0 unspecified atom stereocenters. The van der Waals surface area contributed by atoms with Crippen LogP contribution < -0.4 is 4.74 Å². The van der Waals surface area contributed by atoms with Gasteiger partial charge in [0.15, 0.2) is 0 Å². The molecule has 0 saturated heterocycles. The zero-order chi connectivity index (χ0) is 15.5. The number of amides is 1. The maximum absolute atomic E-state index is 11.6. The molecule has 7 nitrogen and oxygen atoms in total. The molecule has 8 heteroatoms. The first-order valence-electron chi connectivity index (χ1n) is 6.01. The van der Waals surface area contributed by atoms with E-state index >= 15 is 0 Å². The number of ether oxygens (including phenoxy) is 1. The fraction of sp³-hybridized carbons (Fsp3) is 0.583. The molecule has 1 heterocycles. The van der Waals surface area contributed by atoms with E-state index in [1.165, 1.54) is 4.90 Å². The lowest BCUT2D eigenvalue weighted by Gasteiger charge is -2.13. The monoisotopic (exact) mass is 301 g/mol. The van der Waals surface area contributed by atoms with Crippen LogP contribution in [-0.2, 0) is 16.3 Å². The third kappa shape index (κ3) is 4.76. The summed E-state index contributed by atoms with van der Waals surface area (Å²) in [6.45, 7) is 3.50. The van der Waals surface area contributed by atoms with Gasteiger partial charge in [-0.3, -0.25) is 0 Å². The van der Waals surface area contributed by atoms with Gasteiger partial charge in [0.2, 0.25) is 5.88 Å². The lowest BCUT2D eigenvalue weighted by Crippen LogP contribution is -2.26. The van der Waals surface area contributed by atoms with Crippen molar-refractivity contribution in [1.82, 2.24) is 14.9 Å². The third-order valence-electron chi connectivity index (χ3n) is 2.64. The molecule has 112 valence electrons. The highest BCUT2D eigenvalue weighted by atomic mass is 32.2. The highest BCUT2D eigenvalue weighted by Crippen LogP contribution is 2.18. The molecule has 0 radical (unpaired) electrons. The van der Waals surface area contributed by atoms with Gasteiger partial charge in [0, 0.05) is 38.0 Å². The second-order valence-electron chi connectivity index (χ2n) is 4.80. The van der Waals surface area contributed by atoms with Crippen LogP contribution in [-0.4, -0.2) is 55.5 Å². The molecule has 0 saturated carbocycles. The van der Waals surface area contributed by atoms with Crippen molar-refractivity contribution in [3.8, 4) is 5.88 Å². The number of nitrogens with zero attached hydrogens (tertiary/aromatic N) is 3. The van der Waals surface area contributed by atoms with Crippen molar-refractivity contribution in [2.24, 2.45) is 0 Å². The number of carbonyl (C=O) groups excluding carboxylic acids is 1. The Morgan fingerprint density at radius 3 is 2.35 bits per heavy atom. The number of aromatic nitrogens is 2. The van der Waals surface area contributed by atoms with E-state index in [4.69, 9.17) is 4.74 Å². The molecule has 0 aliphatic rings. The highest BCUT2D eigenvalue weighted by molar-refractivity contribution is 7.90. The fourth-order valence-electron chi connectivity index (χ4n) is 1.32. The summed E-state index contributed by atoms with van der Waals surface area (Å²) < 4.78 is 27.5. The van der Waals surface area contributed by atoms with Crippen LogP contribution in [0.25, 0.3) is 0 Å². The van der Waals surface area contributed by atoms with Crippen molar-refractivity contribution in [3.05, 3.63) is 17.1 Å². The van der Waals surface area contributed by atoms with Crippen LogP contribution in [0.1, 0.15) is 17.1 Å². The summed E-state index contributed by atoms with van der Waals surface area (Å²) in [7, 11) is 0.0409. The molecule has 0 N–H and O–H groups in total. The maximum atomic E-state index is 11.6. The molecule has 1 aromatic heterocycles. The summed E-state index contributed by atoms with van der Waals surface area (Å²) in [5.41, 5.74) is 1.31. The van der Waals surface area contributed by atoms with Crippen LogP contribution in [0.4, 0.5) is 4.79 Å². The number of sulfone groups is 1. The lowest BCUT2D eigenvalue weighted by molar-refractivity contribution is 0.169. The average Bonchev–Trinajstić information content (AvgIpc) is 2.31. The van der Waals surface area contributed by atoms with E-state index in [-0.39, 0.29) is 18.1 Å². The lowest BCUT2D eigenvalue weighted by atomic mass is 10.2. The van der Waals surface area contributed by atoms with Crippen LogP contribution in [0.15, 0.2) is 0 Å². The van der Waals surface area contributed by atoms with Gasteiger partial charge in [0.05, 0.1) is 5.75 Å². The minimum absolute atomic E-state index is 0.0451. The molecule has 0 aromatic carbocycles. The summed E-state index contributed by atoms with van der Waals surface area (Å²) in [5.74, 6) is 0.469. The second-order valence-corrected chi connectivity index (χ2v) is 7.06. The smallest absolute Gasteiger partial charge is 0.391 e. The number of hydrogen-bond donors (Lipinski definition) is 0. The van der Waals surface area contributed by atoms with Gasteiger partial charge in [-0.1, -0.05) is 0 Å². The molecule has 0 spiro atoms. The van der Waals surface area contributed by atoms with E-state index < -0.39 is 15.9 Å². The SMILES string of the molecule is Cc1nc(CCS(C)(=O)=O)nc(OC(=O)N(C)C)c1C. The molecule has 1 amide bonds. The minimum Gasteiger partial charge on any atom is -0.391 e. The quantitative estimate of drug-likeness (QED) is 0.815. The predicted molar refractivity (Wildman–Crippen MR) is 74.6 cm³/mol. The summed E-state index contributed by atoms with van der Waals surface area (Å²) in [6.07, 6.45) is 0.799. The molecular formula is C12H19N3O4S. The first-order chi connectivity index (χ1) is 9.10. The van der Waals surface area contributed by atoms with Crippen LogP contribution in [0.2, 0.25) is 0 Å². The Balaban J connectivity index is 3.00. The molecule has 0 bridgehead atoms. The summed E-state index contributed by atoms with van der Waals surface area (Å²) >= 11 is 0. The zero-order valence-electron chi connectivity index (χ0n) is 12.3. The molecule has 0 aliphatic carbocycles. The van der Waals surface area contributed by atoms with E-state index in [2.05, 4.69) is 9.97 Å². The van der Waals surface area contributed by atoms with Crippen LogP contribution >= 0.6 is 0 Å². The van der Waals surface area contributed by atoms with Gasteiger partial charge in [0.1, 0.15) is 15.7 Å². The van der Waals surface area contributed by atoms with Crippen molar-refractivity contribution in [2.45, 2.75) is 20.3 Å². The number of hydrogen-bond acceptors (Lipinski definition) is 6. The van der Waals surface area contributed by atoms with Gasteiger partial charge < -0.3 is 9.64 Å². The Morgan fingerprint density at radius 1 is 1.25 bits per heavy atom. The van der Waals surface area contributed by atoms with Gasteiger partial charge in [-0.25, -0.2) is 18.2 Å². The maximum Gasteiger partial charge on any atom is 0.416 e. The van der Waals surface area contributed by atoms with Crippen molar-refractivity contribution in [1.29, 1.82) is 0 Å². The fourth-order valence-corrected chi connectivity index (χ4v) is 1.87. The Hall–Kier alpha value is -1.70. The van der Waals surface area contributed by atoms with Crippen molar-refractivity contribution in [2.75, 3.05) is 26.1 Å². The van der Waals surface area contributed by atoms with Crippen LogP contribution in [0, 0.1) is 13.8 Å². The van der Waals surface area contributed by atoms with E-state index in [1.807, 2.05) is 0 Å². The molecule has 0 atom stereocenters. The Labute approximate surface area is 118 Å². The predicted octanol–water partition coefficient (Wildman–Crippen LogP) is 0.741. The third-order valence-corrected chi connectivity index (χ3v) is 3.58. The van der Waals surface area contributed by atoms with E-state index in [0.717, 1.165) is 6.26 Å². The Bertz CT molecular complexity index is 611. The molecule has 0 fully saturated rings. The Kier molecular flexibility index (Phi) is 5.04. The van der Waals surface area contributed by atoms with Gasteiger partial charge in [-0.2, -0.15) is 4.98 Å². The summed E-state index contributed by atoms with van der Waals surface area (Å²) in [6, 6.07) is 0. The van der Waals surface area contributed by atoms with E-state index in [1.54, 1.807) is 27.9 Å². The van der Waals surface area contributed by atoms with Gasteiger partial charge in [-0.15, -0.1) is 0 Å². The number of aryl methyl sites for hydroxylation is 2. The number of carbonyl (C=O) groups is 1. The van der Waals surface area contributed by atoms with Crippen LogP contribution in [0.3, 0.4) is 0 Å². The zero-order valence-corrected chi connectivity index (χ0v) is 13.1. The van der Waals surface area contributed by atoms with Crippen molar-refractivity contribution < 1.29 is 17.9 Å². The van der Waals surface area contributed by atoms with E-state index in [0.29, 0.717) is 17.1 Å². The van der Waals surface area contributed by atoms with Gasteiger partial charge >= 0.3 is 6.09 Å². The number of rotatable bonds is 4. The van der Waals surface area contributed by atoms with Gasteiger partial charge in [-0.05, 0) is 13.8 Å². The van der Waals surface area contributed by atoms with Crippen LogP contribution in [0.5, 0.6) is 5.88 Å². The normalized spacial score (nSPS) is 11.2. The van der Waals surface area contributed by atoms with Crippen molar-refractivity contribution >= 4 is 15.9 Å². The van der Waals surface area contributed by atoms with E-state index in [9.17, 15) is 13.2 Å². The minimum atomic E-state index is -3.09. The molecule has 1 aromatic rings. The topological polar surface area (TPSA) is 89.5 Å². The molecule has 1 rings (SSSR count). The second kappa shape index (κ2) is 6.17. The first-order valence-corrected chi connectivity index (χ1v) is 8.07. The summed E-state index contributed by atoms with van der Waals surface area (Å²) in [4.78, 5) is 21.2. The molecule has 20 heavy (non-hydrogen) atoms. The Morgan fingerprint density at radius 2 is 1.85 bits per heavy atom. The standard InChI is InChI=1S/C12H19N3O4S/c1-8-9(2)13-10(6-7-20(5,17)18)14-11(8)19-12(16)15(3)4/h6-7H2,1-5H3. The van der Waals surface area contributed by atoms with Crippen molar-refractivity contribution in [3.63, 3.8) is 0 Å². The van der Waals surface area contributed by atoms with Gasteiger partial charge in [0.25, 0.3) is 0 Å². The highest BCUT2D eigenvalue weighted by Gasteiger charge is 2.15. The average molecular weight is 301 g/mol. The molecule has 0 aliphatic heterocycles. The largest absolute Gasteiger partial charge is 0.416 e. The first kappa shape index (κ1) is 16.4. The summed E-state index contributed by atoms with van der Waals surface area (Å²) in [5, 5.41) is 0. The molecular weight excluding hydrogens is 282 g/mol.